The van der Waals surface area contributed by atoms with Crippen molar-refractivity contribution in [3.05, 3.63) is 23.8 Å². The number of nitrogens with one attached hydrogen (secondary N) is 1. The van der Waals surface area contributed by atoms with E-state index in [0.717, 1.165) is 25.7 Å². The van der Waals surface area contributed by atoms with Gasteiger partial charge >= 0.3 is 0 Å². The minimum atomic E-state index is -4.23. The van der Waals surface area contributed by atoms with E-state index in [1.807, 2.05) is 0 Å². The Hall–Kier alpha value is -1.07. The lowest BCUT2D eigenvalue weighted by Crippen LogP contribution is -2.10. The summed E-state index contributed by atoms with van der Waals surface area (Å²) in [6.45, 7) is 0. The molecule has 17 heavy (non-hydrogen) atoms. The summed E-state index contributed by atoms with van der Waals surface area (Å²) < 4.78 is 31.9. The molecule has 2 rings (SSSR count). The molecule has 0 aliphatic heterocycles. The van der Waals surface area contributed by atoms with Gasteiger partial charge in [0.05, 0.1) is 10.6 Å². The Labute approximate surface area is 102 Å². The highest BCUT2D eigenvalue weighted by Gasteiger charge is 2.23. The maximum absolute atomic E-state index is 11.3. The highest BCUT2D eigenvalue weighted by atomic mass is 32.2. The second kappa shape index (κ2) is 4.66. The van der Waals surface area contributed by atoms with Gasteiger partial charge in [0.25, 0.3) is 10.1 Å². The predicted molar refractivity (Wildman–Crippen MR) is 64.8 cm³/mol. The van der Waals surface area contributed by atoms with Gasteiger partial charge in [-0.3, -0.25) is 4.55 Å². The Morgan fingerprint density at radius 2 is 1.82 bits per heavy atom. The third-order valence-electron chi connectivity index (χ3n) is 3.34. The molecule has 0 aromatic heterocycles. The van der Waals surface area contributed by atoms with Gasteiger partial charge in [-0.15, -0.1) is 0 Å². The fourth-order valence-corrected chi connectivity index (χ4v) is 3.32. The lowest BCUT2D eigenvalue weighted by molar-refractivity contribution is 0.434. The van der Waals surface area contributed by atoms with E-state index in [0.29, 0.717) is 5.56 Å². The van der Waals surface area contributed by atoms with Crippen molar-refractivity contribution < 1.29 is 13.0 Å². The number of rotatable bonds is 2. The highest BCUT2D eigenvalue weighted by Crippen LogP contribution is 2.36. The zero-order valence-corrected chi connectivity index (χ0v) is 10.3. The van der Waals surface area contributed by atoms with Gasteiger partial charge in [0.2, 0.25) is 0 Å². The van der Waals surface area contributed by atoms with Crippen molar-refractivity contribution in [1.82, 2.24) is 5.73 Å². The summed E-state index contributed by atoms with van der Waals surface area (Å²) in [7, 11) is -4.23. The molecule has 1 aromatic rings. The first-order valence-electron chi connectivity index (χ1n) is 5.81. The number of benzene rings is 1. The molecule has 93 valence electrons. The zero-order chi connectivity index (χ0) is 12.5. The first kappa shape index (κ1) is 12.4. The minimum absolute atomic E-state index is 0.0862. The monoisotopic (exact) mass is 254 g/mol. The zero-order valence-electron chi connectivity index (χ0n) is 9.52. The van der Waals surface area contributed by atoms with Gasteiger partial charge < -0.3 is 5.73 Å². The van der Waals surface area contributed by atoms with Crippen molar-refractivity contribution >= 4 is 15.8 Å². The molecular formula is C12H16NO3S. The van der Waals surface area contributed by atoms with Gasteiger partial charge in [-0.05, 0) is 36.5 Å². The van der Waals surface area contributed by atoms with E-state index in [4.69, 9.17) is 5.73 Å². The molecule has 1 aliphatic rings. The maximum Gasteiger partial charge on any atom is 0.294 e. The normalized spacial score (nSPS) is 18.2. The SMILES string of the molecule is [NH]c1ccc(C2CCCCC2)c(S(=O)(=O)O)c1. The smallest absolute Gasteiger partial charge is 0.294 e. The summed E-state index contributed by atoms with van der Waals surface area (Å²) in [6.07, 6.45) is 5.30. The Balaban J connectivity index is 2.45. The van der Waals surface area contributed by atoms with E-state index in [2.05, 4.69) is 0 Å². The molecule has 0 unspecified atom stereocenters. The van der Waals surface area contributed by atoms with E-state index in [1.54, 1.807) is 12.1 Å². The predicted octanol–water partition coefficient (Wildman–Crippen LogP) is 2.90. The Morgan fingerprint density at radius 3 is 2.41 bits per heavy atom. The Morgan fingerprint density at radius 1 is 1.18 bits per heavy atom. The van der Waals surface area contributed by atoms with Gasteiger partial charge in [0.15, 0.2) is 0 Å². The van der Waals surface area contributed by atoms with Crippen LogP contribution in [-0.4, -0.2) is 13.0 Å². The second-order valence-electron chi connectivity index (χ2n) is 4.56. The summed E-state index contributed by atoms with van der Waals surface area (Å²) in [5, 5.41) is 0. The molecule has 0 amide bonds. The summed E-state index contributed by atoms with van der Waals surface area (Å²) in [6, 6.07) is 4.49. The van der Waals surface area contributed by atoms with Crippen molar-refractivity contribution in [2.24, 2.45) is 0 Å². The van der Waals surface area contributed by atoms with Gasteiger partial charge in [-0.2, -0.15) is 8.42 Å². The Kier molecular flexibility index (Phi) is 3.40. The van der Waals surface area contributed by atoms with E-state index in [-0.39, 0.29) is 16.5 Å². The van der Waals surface area contributed by atoms with Crippen LogP contribution in [-0.2, 0) is 10.1 Å². The average Bonchev–Trinajstić information content (AvgIpc) is 2.29. The summed E-state index contributed by atoms with van der Waals surface area (Å²) in [5.74, 6) is 0.196. The van der Waals surface area contributed by atoms with Crippen LogP contribution < -0.4 is 5.73 Å². The molecule has 0 heterocycles. The molecule has 0 bridgehead atoms. The van der Waals surface area contributed by atoms with E-state index in [9.17, 15) is 13.0 Å². The van der Waals surface area contributed by atoms with E-state index >= 15 is 0 Å². The van der Waals surface area contributed by atoms with Gasteiger partial charge in [0, 0.05) is 0 Å². The van der Waals surface area contributed by atoms with Crippen LogP contribution in [0, 0.1) is 0 Å². The number of hydrogen-bond donors (Lipinski definition) is 1. The first-order valence-corrected chi connectivity index (χ1v) is 7.25. The quantitative estimate of drug-likeness (QED) is 0.824. The fraction of sp³-hybridized carbons (Fsp3) is 0.500. The van der Waals surface area contributed by atoms with Crippen LogP contribution >= 0.6 is 0 Å². The van der Waals surface area contributed by atoms with Crippen molar-refractivity contribution in [1.29, 1.82) is 0 Å². The molecule has 5 heteroatoms. The summed E-state index contributed by atoms with van der Waals surface area (Å²) in [4.78, 5) is -0.0862. The average molecular weight is 254 g/mol. The van der Waals surface area contributed by atoms with E-state index in [1.165, 1.54) is 12.5 Å². The minimum Gasteiger partial charge on any atom is -0.301 e. The van der Waals surface area contributed by atoms with Crippen molar-refractivity contribution in [3.8, 4) is 0 Å². The van der Waals surface area contributed by atoms with Crippen LogP contribution in [0.3, 0.4) is 0 Å². The summed E-state index contributed by atoms with van der Waals surface area (Å²) >= 11 is 0. The van der Waals surface area contributed by atoms with Gasteiger partial charge in [0.1, 0.15) is 0 Å². The fourth-order valence-electron chi connectivity index (χ4n) is 2.51. The Bertz CT molecular complexity index is 504. The lowest BCUT2D eigenvalue weighted by Gasteiger charge is -2.23. The van der Waals surface area contributed by atoms with Crippen LogP contribution in [0.2, 0.25) is 0 Å². The number of hydrogen-bond acceptors (Lipinski definition) is 2. The molecule has 1 saturated carbocycles. The molecule has 0 saturated heterocycles. The molecule has 1 radical (unpaired) electrons. The van der Waals surface area contributed by atoms with Crippen molar-refractivity contribution in [2.45, 2.75) is 42.9 Å². The summed E-state index contributed by atoms with van der Waals surface area (Å²) in [5.41, 5.74) is 8.23. The van der Waals surface area contributed by atoms with Crippen molar-refractivity contribution in [2.75, 3.05) is 0 Å². The van der Waals surface area contributed by atoms with E-state index < -0.39 is 10.1 Å². The van der Waals surface area contributed by atoms with Crippen LogP contribution in [0.5, 0.6) is 0 Å². The second-order valence-corrected chi connectivity index (χ2v) is 5.95. The van der Waals surface area contributed by atoms with Crippen molar-refractivity contribution in [3.63, 3.8) is 0 Å². The molecule has 1 fully saturated rings. The molecule has 1 aliphatic carbocycles. The van der Waals surface area contributed by atoms with Crippen LogP contribution in [0.4, 0.5) is 5.69 Å². The van der Waals surface area contributed by atoms with Crippen LogP contribution in [0.1, 0.15) is 43.6 Å². The first-order chi connectivity index (χ1) is 7.98. The van der Waals surface area contributed by atoms with Crippen LogP contribution in [0.25, 0.3) is 0 Å². The largest absolute Gasteiger partial charge is 0.301 e. The lowest BCUT2D eigenvalue weighted by atomic mass is 9.84. The standard InChI is InChI=1S/C12H16NO3S/c13-10-6-7-11(9-4-2-1-3-5-9)12(8-10)17(14,15)16/h6-9,13H,1-5H2,(H,14,15,16). The topological polar surface area (TPSA) is 78.2 Å². The maximum atomic E-state index is 11.3. The molecule has 0 atom stereocenters. The molecule has 4 nitrogen and oxygen atoms in total. The van der Waals surface area contributed by atoms with Gasteiger partial charge in [-0.25, -0.2) is 0 Å². The van der Waals surface area contributed by atoms with Crippen LogP contribution in [0.15, 0.2) is 23.1 Å². The molecule has 1 aromatic carbocycles. The molecular weight excluding hydrogens is 238 g/mol. The molecule has 2 N–H and O–H groups in total. The van der Waals surface area contributed by atoms with Gasteiger partial charge in [-0.1, -0.05) is 25.3 Å². The third-order valence-corrected chi connectivity index (χ3v) is 4.25. The molecule has 0 spiro atoms. The third kappa shape index (κ3) is 2.79. The highest BCUT2D eigenvalue weighted by molar-refractivity contribution is 7.85.